The first-order valence-electron chi connectivity index (χ1n) is 12.5. The lowest BCUT2D eigenvalue weighted by atomic mass is 10.0. The molecule has 3 aromatic carbocycles. The number of nitrogens with one attached hydrogen (secondary N) is 2. The van der Waals surface area contributed by atoms with E-state index in [-0.39, 0.29) is 17.9 Å². The number of rotatable bonds is 11. The van der Waals surface area contributed by atoms with Gasteiger partial charge in [-0.1, -0.05) is 68.7 Å². The van der Waals surface area contributed by atoms with Crippen molar-refractivity contribution in [3.05, 3.63) is 95.1 Å². The number of anilines is 2. The van der Waals surface area contributed by atoms with Gasteiger partial charge in [0.1, 0.15) is 0 Å². The lowest BCUT2D eigenvalue weighted by molar-refractivity contribution is 0.0939. The lowest BCUT2D eigenvalue weighted by Gasteiger charge is -2.20. The van der Waals surface area contributed by atoms with Crippen molar-refractivity contribution < 1.29 is 9.59 Å². The molecule has 0 aromatic heterocycles. The topological polar surface area (TPSA) is 61.4 Å². The van der Waals surface area contributed by atoms with Crippen LogP contribution in [0, 0.1) is 0 Å². The summed E-state index contributed by atoms with van der Waals surface area (Å²) in [4.78, 5) is 27.9. The van der Waals surface area contributed by atoms with Crippen molar-refractivity contribution >= 4 is 23.2 Å². The van der Waals surface area contributed by atoms with Gasteiger partial charge in [0.2, 0.25) is 0 Å². The van der Waals surface area contributed by atoms with E-state index in [1.807, 2.05) is 92.6 Å². The molecule has 0 spiro atoms. The summed E-state index contributed by atoms with van der Waals surface area (Å²) in [6.07, 6.45) is 5.93. The summed E-state index contributed by atoms with van der Waals surface area (Å²) in [5, 5.41) is 6.02. The molecule has 0 saturated carbocycles. The van der Waals surface area contributed by atoms with E-state index in [0.717, 1.165) is 17.7 Å². The number of amides is 2. The standard InChI is InChI=1S/C30H37N3O2/c1-5-6-7-9-12-23-15-17-25(18-16-23)29(34)32-26-19-20-28(33(3)4)27(21-26)30(35)31-22(2)24-13-10-8-11-14-24/h8,10-11,13-22H,5-7,9,12H2,1-4H3,(H,31,35)(H,32,34). The zero-order valence-corrected chi connectivity index (χ0v) is 21.3. The van der Waals surface area contributed by atoms with Crippen LogP contribution < -0.4 is 15.5 Å². The highest BCUT2D eigenvalue weighted by Gasteiger charge is 2.18. The van der Waals surface area contributed by atoms with Crippen LogP contribution in [-0.4, -0.2) is 25.9 Å². The van der Waals surface area contributed by atoms with Gasteiger partial charge < -0.3 is 15.5 Å². The molecule has 5 heteroatoms. The molecule has 35 heavy (non-hydrogen) atoms. The highest BCUT2D eigenvalue weighted by atomic mass is 16.2. The molecule has 2 N–H and O–H groups in total. The fourth-order valence-corrected chi connectivity index (χ4v) is 4.07. The van der Waals surface area contributed by atoms with Crippen LogP contribution in [0.25, 0.3) is 0 Å². The summed E-state index contributed by atoms with van der Waals surface area (Å²) in [5.41, 5.74) is 4.76. The lowest BCUT2D eigenvalue weighted by Crippen LogP contribution is -2.28. The third kappa shape index (κ3) is 7.44. The van der Waals surface area contributed by atoms with Crippen LogP contribution in [0.5, 0.6) is 0 Å². The zero-order chi connectivity index (χ0) is 25.2. The smallest absolute Gasteiger partial charge is 0.255 e. The number of carbonyl (C=O) groups is 2. The Morgan fingerprint density at radius 3 is 2.23 bits per heavy atom. The fraction of sp³-hybridized carbons (Fsp3) is 0.333. The Hall–Kier alpha value is -3.60. The van der Waals surface area contributed by atoms with Gasteiger partial charge in [-0.25, -0.2) is 0 Å². The highest BCUT2D eigenvalue weighted by Crippen LogP contribution is 2.25. The van der Waals surface area contributed by atoms with Crippen LogP contribution in [-0.2, 0) is 6.42 Å². The van der Waals surface area contributed by atoms with Crippen molar-refractivity contribution in [2.75, 3.05) is 24.3 Å². The molecule has 184 valence electrons. The summed E-state index contributed by atoms with van der Waals surface area (Å²) in [5.74, 6) is -0.377. The van der Waals surface area contributed by atoms with Crippen molar-refractivity contribution in [2.24, 2.45) is 0 Å². The second-order valence-electron chi connectivity index (χ2n) is 9.19. The van der Waals surface area contributed by atoms with E-state index in [9.17, 15) is 9.59 Å². The van der Waals surface area contributed by atoms with Crippen LogP contribution in [0.15, 0.2) is 72.8 Å². The molecule has 0 aliphatic carbocycles. The van der Waals surface area contributed by atoms with E-state index in [4.69, 9.17) is 0 Å². The minimum atomic E-state index is -0.191. The Morgan fingerprint density at radius 1 is 0.857 bits per heavy atom. The van der Waals surface area contributed by atoms with Gasteiger partial charge in [-0.15, -0.1) is 0 Å². The Labute approximate surface area is 209 Å². The average molecular weight is 472 g/mol. The van der Waals surface area contributed by atoms with E-state index < -0.39 is 0 Å². The van der Waals surface area contributed by atoms with Crippen molar-refractivity contribution in [1.82, 2.24) is 5.32 Å². The largest absolute Gasteiger partial charge is 0.377 e. The first-order chi connectivity index (χ1) is 16.9. The number of benzene rings is 3. The molecule has 1 unspecified atom stereocenters. The molecule has 0 radical (unpaired) electrons. The van der Waals surface area contributed by atoms with E-state index in [1.54, 1.807) is 6.07 Å². The Bertz CT molecular complexity index is 1110. The van der Waals surface area contributed by atoms with Crippen LogP contribution in [0.4, 0.5) is 11.4 Å². The van der Waals surface area contributed by atoms with Crippen molar-refractivity contribution in [1.29, 1.82) is 0 Å². The van der Waals surface area contributed by atoms with Gasteiger partial charge in [0.05, 0.1) is 11.6 Å². The van der Waals surface area contributed by atoms with Gasteiger partial charge in [-0.3, -0.25) is 9.59 Å². The molecule has 3 rings (SSSR count). The predicted molar refractivity (Wildman–Crippen MR) is 145 cm³/mol. The van der Waals surface area contributed by atoms with Crippen LogP contribution in [0.2, 0.25) is 0 Å². The quantitative estimate of drug-likeness (QED) is 0.309. The zero-order valence-electron chi connectivity index (χ0n) is 21.3. The van der Waals surface area contributed by atoms with E-state index in [0.29, 0.717) is 16.8 Å². The molecule has 0 aliphatic rings. The maximum Gasteiger partial charge on any atom is 0.255 e. The Balaban J connectivity index is 1.70. The first-order valence-corrected chi connectivity index (χ1v) is 12.5. The predicted octanol–water partition coefficient (Wildman–Crippen LogP) is 6.62. The van der Waals surface area contributed by atoms with Crippen molar-refractivity contribution in [3.8, 4) is 0 Å². The molecule has 0 bridgehead atoms. The number of hydrogen-bond donors (Lipinski definition) is 2. The molecule has 2 amide bonds. The molecular weight excluding hydrogens is 434 g/mol. The number of unbranched alkanes of at least 4 members (excludes halogenated alkanes) is 3. The van der Waals surface area contributed by atoms with E-state index in [1.165, 1.54) is 31.2 Å². The average Bonchev–Trinajstić information content (AvgIpc) is 2.87. The molecule has 0 saturated heterocycles. The van der Waals surface area contributed by atoms with Crippen LogP contribution in [0.1, 0.15) is 77.4 Å². The summed E-state index contributed by atoms with van der Waals surface area (Å²) in [6, 6.07) is 22.9. The Morgan fingerprint density at radius 2 is 1.57 bits per heavy atom. The molecule has 0 heterocycles. The van der Waals surface area contributed by atoms with Crippen molar-refractivity contribution in [3.63, 3.8) is 0 Å². The third-order valence-corrected chi connectivity index (χ3v) is 6.16. The molecule has 0 aliphatic heterocycles. The monoisotopic (exact) mass is 471 g/mol. The fourth-order valence-electron chi connectivity index (χ4n) is 4.07. The van der Waals surface area contributed by atoms with Gasteiger partial charge in [0.25, 0.3) is 11.8 Å². The maximum atomic E-state index is 13.2. The van der Waals surface area contributed by atoms with Gasteiger partial charge in [-0.2, -0.15) is 0 Å². The van der Waals surface area contributed by atoms with Crippen molar-refractivity contribution in [2.45, 2.75) is 52.0 Å². The van der Waals surface area contributed by atoms with Crippen LogP contribution in [0.3, 0.4) is 0 Å². The Kier molecular flexibility index (Phi) is 9.47. The normalized spacial score (nSPS) is 11.5. The van der Waals surface area contributed by atoms with Gasteiger partial charge >= 0.3 is 0 Å². The van der Waals surface area contributed by atoms with E-state index in [2.05, 4.69) is 17.6 Å². The second kappa shape index (κ2) is 12.7. The number of aryl methyl sites for hydroxylation is 1. The van der Waals surface area contributed by atoms with Gasteiger partial charge in [-0.05, 0) is 61.2 Å². The maximum absolute atomic E-state index is 13.2. The highest BCUT2D eigenvalue weighted by molar-refractivity contribution is 6.06. The molecule has 0 fully saturated rings. The van der Waals surface area contributed by atoms with Gasteiger partial charge in [0, 0.05) is 31.0 Å². The molecular formula is C30H37N3O2. The number of hydrogen-bond acceptors (Lipinski definition) is 3. The SMILES string of the molecule is CCCCCCc1ccc(C(=O)Nc2ccc(N(C)C)c(C(=O)NC(C)c3ccccc3)c2)cc1. The summed E-state index contributed by atoms with van der Waals surface area (Å²) in [6.45, 7) is 4.17. The molecule has 5 nitrogen and oxygen atoms in total. The third-order valence-electron chi connectivity index (χ3n) is 6.16. The number of carbonyl (C=O) groups excluding carboxylic acids is 2. The van der Waals surface area contributed by atoms with Crippen LogP contribution >= 0.6 is 0 Å². The second-order valence-corrected chi connectivity index (χ2v) is 9.19. The minimum Gasteiger partial charge on any atom is -0.377 e. The number of nitrogens with zero attached hydrogens (tertiary/aromatic N) is 1. The minimum absolute atomic E-state index is 0.141. The molecule has 1 atom stereocenters. The van der Waals surface area contributed by atoms with E-state index >= 15 is 0 Å². The first kappa shape index (κ1) is 26.0. The molecule has 3 aromatic rings. The summed E-state index contributed by atoms with van der Waals surface area (Å²) < 4.78 is 0. The van der Waals surface area contributed by atoms with Gasteiger partial charge in [0.15, 0.2) is 0 Å². The summed E-state index contributed by atoms with van der Waals surface area (Å²) >= 11 is 0. The summed E-state index contributed by atoms with van der Waals surface area (Å²) in [7, 11) is 3.80.